The van der Waals surface area contributed by atoms with E-state index in [2.05, 4.69) is 0 Å². The Morgan fingerprint density at radius 3 is 1.43 bits per heavy atom. The average Bonchev–Trinajstić information content (AvgIpc) is 2.76. The summed E-state index contributed by atoms with van der Waals surface area (Å²) in [7, 11) is 2.18. The van der Waals surface area contributed by atoms with Crippen molar-refractivity contribution >= 4 is 11.8 Å². The fourth-order valence-electron chi connectivity index (χ4n) is 2.21. The standard InChI is InChI=1S/C9H16N6O6/c1-6(16)12-5-13(7(2)17)9(11(4)15(20)21)8(12)10(3)14(18)19/h8-9H,5H2,1-4H3/t8-,9-/m1/s1. The zero-order chi connectivity index (χ0) is 16.5. The van der Waals surface area contributed by atoms with Gasteiger partial charge < -0.3 is 0 Å². The Labute approximate surface area is 119 Å². The lowest BCUT2D eigenvalue weighted by Crippen LogP contribution is -2.59. The average molecular weight is 304 g/mol. The molecule has 21 heavy (non-hydrogen) atoms. The zero-order valence-electron chi connectivity index (χ0n) is 12.0. The monoisotopic (exact) mass is 304 g/mol. The number of rotatable bonds is 4. The van der Waals surface area contributed by atoms with Crippen LogP contribution >= 0.6 is 0 Å². The number of nitrogens with zero attached hydrogens (tertiary/aromatic N) is 6. The highest BCUT2D eigenvalue weighted by Crippen LogP contribution is 2.25. The number of likely N-dealkylation sites (N-methyl/N-ethyl adjacent to an activating group) is 2. The molecule has 0 radical (unpaired) electrons. The molecule has 12 heteroatoms. The molecule has 1 saturated heterocycles. The zero-order valence-corrected chi connectivity index (χ0v) is 12.0. The van der Waals surface area contributed by atoms with E-state index in [9.17, 15) is 29.8 Å². The van der Waals surface area contributed by atoms with Gasteiger partial charge in [-0.2, -0.15) is 0 Å². The van der Waals surface area contributed by atoms with Gasteiger partial charge in [0.15, 0.2) is 10.1 Å². The normalized spacial score (nSPS) is 21.1. The number of nitro groups is 2. The van der Waals surface area contributed by atoms with Crippen molar-refractivity contribution in [3.63, 3.8) is 0 Å². The lowest BCUT2D eigenvalue weighted by atomic mass is 10.3. The third kappa shape index (κ3) is 2.93. The van der Waals surface area contributed by atoms with E-state index in [1.165, 1.54) is 13.8 Å². The number of carbonyl (C=O) groups is 2. The van der Waals surface area contributed by atoms with E-state index >= 15 is 0 Å². The Morgan fingerprint density at radius 2 is 1.24 bits per heavy atom. The first kappa shape index (κ1) is 16.4. The van der Waals surface area contributed by atoms with Crippen LogP contribution in [-0.2, 0) is 9.59 Å². The van der Waals surface area contributed by atoms with Gasteiger partial charge in [0.05, 0.1) is 14.1 Å². The molecule has 0 aromatic heterocycles. The Kier molecular flexibility index (Phi) is 4.50. The Morgan fingerprint density at radius 1 is 0.952 bits per heavy atom. The molecule has 0 aliphatic carbocycles. The van der Waals surface area contributed by atoms with Gasteiger partial charge in [-0.15, -0.1) is 10.0 Å². The predicted octanol–water partition coefficient (Wildman–Crippen LogP) is -1.45. The van der Waals surface area contributed by atoms with E-state index < -0.39 is 34.2 Å². The van der Waals surface area contributed by atoms with Crippen LogP contribution in [0.15, 0.2) is 0 Å². The van der Waals surface area contributed by atoms with Crippen molar-refractivity contribution in [3.8, 4) is 0 Å². The first-order valence-electron chi connectivity index (χ1n) is 5.88. The highest BCUT2D eigenvalue weighted by molar-refractivity contribution is 5.78. The molecule has 1 heterocycles. The molecule has 0 spiro atoms. The van der Waals surface area contributed by atoms with Crippen LogP contribution in [0.1, 0.15) is 13.8 Å². The molecule has 2 amide bonds. The van der Waals surface area contributed by atoms with Crippen LogP contribution in [0.5, 0.6) is 0 Å². The van der Waals surface area contributed by atoms with Crippen LogP contribution in [0.25, 0.3) is 0 Å². The van der Waals surface area contributed by atoms with Gasteiger partial charge in [0.25, 0.3) is 0 Å². The van der Waals surface area contributed by atoms with Crippen molar-refractivity contribution in [3.05, 3.63) is 20.2 Å². The number of hydrogen-bond donors (Lipinski definition) is 0. The third-order valence-corrected chi connectivity index (χ3v) is 3.30. The highest BCUT2D eigenvalue weighted by atomic mass is 16.7. The number of hydrazine groups is 2. The number of carbonyl (C=O) groups excluding carboxylic acids is 2. The van der Waals surface area contributed by atoms with Crippen LogP contribution in [0.4, 0.5) is 0 Å². The van der Waals surface area contributed by atoms with Gasteiger partial charge in [-0.25, -0.2) is 20.2 Å². The van der Waals surface area contributed by atoms with Crippen molar-refractivity contribution in [1.82, 2.24) is 19.8 Å². The molecule has 0 bridgehead atoms. The van der Waals surface area contributed by atoms with Gasteiger partial charge in [0, 0.05) is 13.8 Å². The Balaban J connectivity index is 3.31. The smallest absolute Gasteiger partial charge is 0.222 e. The summed E-state index contributed by atoms with van der Waals surface area (Å²) in [5.74, 6) is -1.06. The quantitative estimate of drug-likeness (QED) is 0.455. The van der Waals surface area contributed by atoms with Crippen molar-refractivity contribution in [2.75, 3.05) is 20.8 Å². The molecular formula is C9H16N6O6. The lowest BCUT2D eigenvalue weighted by Gasteiger charge is -2.30. The summed E-state index contributed by atoms with van der Waals surface area (Å²) in [6.45, 7) is 2.09. The molecule has 12 nitrogen and oxygen atoms in total. The van der Waals surface area contributed by atoms with Gasteiger partial charge in [0.1, 0.15) is 6.67 Å². The minimum absolute atomic E-state index is 0.254. The van der Waals surface area contributed by atoms with Gasteiger partial charge in [-0.05, 0) is 0 Å². The molecule has 2 atom stereocenters. The maximum absolute atomic E-state index is 11.6. The highest BCUT2D eigenvalue weighted by Gasteiger charge is 2.53. The summed E-state index contributed by atoms with van der Waals surface area (Å²) >= 11 is 0. The van der Waals surface area contributed by atoms with Gasteiger partial charge >= 0.3 is 0 Å². The van der Waals surface area contributed by atoms with Gasteiger partial charge in [-0.3, -0.25) is 19.4 Å². The topological polar surface area (TPSA) is 133 Å². The first-order chi connectivity index (χ1) is 9.59. The van der Waals surface area contributed by atoms with Crippen LogP contribution in [-0.4, -0.2) is 74.8 Å². The summed E-state index contributed by atoms with van der Waals surface area (Å²) in [6.07, 6.45) is -2.53. The predicted molar refractivity (Wildman–Crippen MR) is 67.0 cm³/mol. The Hall–Kier alpha value is -2.66. The van der Waals surface area contributed by atoms with Crippen molar-refractivity contribution in [2.45, 2.75) is 26.2 Å². The number of amides is 2. The molecule has 1 rings (SSSR count). The molecule has 1 aliphatic heterocycles. The molecule has 1 fully saturated rings. The maximum Gasteiger partial charge on any atom is 0.222 e. The molecule has 0 aromatic rings. The molecular weight excluding hydrogens is 288 g/mol. The van der Waals surface area contributed by atoms with E-state index in [0.717, 1.165) is 23.9 Å². The lowest BCUT2D eigenvalue weighted by molar-refractivity contribution is -0.686. The van der Waals surface area contributed by atoms with Crippen molar-refractivity contribution in [1.29, 1.82) is 0 Å². The molecule has 118 valence electrons. The SMILES string of the molecule is CC(=O)N1CN(C(C)=O)[C@@H](N(C)[N+](=O)[O-])[C@@H]1N(C)[N+](=O)[O-]. The molecule has 0 N–H and O–H groups in total. The molecule has 0 saturated carbocycles. The van der Waals surface area contributed by atoms with Crippen LogP contribution in [0, 0.1) is 20.2 Å². The fraction of sp³-hybridized carbons (Fsp3) is 0.778. The van der Waals surface area contributed by atoms with Gasteiger partial charge in [-0.1, -0.05) is 0 Å². The minimum atomic E-state index is -1.27. The summed E-state index contributed by atoms with van der Waals surface area (Å²) in [5.41, 5.74) is 0. The van der Waals surface area contributed by atoms with Crippen molar-refractivity contribution in [2.24, 2.45) is 0 Å². The van der Waals surface area contributed by atoms with E-state index in [1.807, 2.05) is 0 Å². The van der Waals surface area contributed by atoms with E-state index in [4.69, 9.17) is 0 Å². The van der Waals surface area contributed by atoms with E-state index in [0.29, 0.717) is 10.0 Å². The Bertz CT molecular complexity index is 441. The van der Waals surface area contributed by atoms with E-state index in [-0.39, 0.29) is 6.67 Å². The second-order valence-electron chi connectivity index (χ2n) is 4.57. The van der Waals surface area contributed by atoms with Gasteiger partial charge in [0.2, 0.25) is 24.1 Å². The first-order valence-corrected chi connectivity index (χ1v) is 5.88. The molecule has 1 aliphatic rings. The summed E-state index contributed by atoms with van der Waals surface area (Å²) in [5, 5.41) is 21.5. The summed E-state index contributed by atoms with van der Waals surface area (Å²) < 4.78 is 0. The minimum Gasteiger partial charge on any atom is -0.296 e. The van der Waals surface area contributed by atoms with Crippen LogP contribution in [0.3, 0.4) is 0 Å². The third-order valence-electron chi connectivity index (χ3n) is 3.30. The van der Waals surface area contributed by atoms with Crippen molar-refractivity contribution < 1.29 is 19.7 Å². The van der Waals surface area contributed by atoms with E-state index in [1.54, 1.807) is 0 Å². The van der Waals surface area contributed by atoms with Crippen LogP contribution < -0.4 is 0 Å². The second-order valence-corrected chi connectivity index (χ2v) is 4.57. The summed E-state index contributed by atoms with van der Waals surface area (Å²) in [6, 6.07) is 0. The number of hydrogen-bond acceptors (Lipinski definition) is 6. The fourth-order valence-corrected chi connectivity index (χ4v) is 2.21. The molecule has 0 aromatic carbocycles. The second kappa shape index (κ2) is 5.76. The summed E-state index contributed by atoms with van der Waals surface area (Å²) in [4.78, 5) is 47.3. The largest absolute Gasteiger partial charge is 0.296 e. The molecule has 0 unspecified atom stereocenters. The van der Waals surface area contributed by atoms with Crippen LogP contribution in [0.2, 0.25) is 0 Å². The maximum atomic E-state index is 11.6.